The van der Waals surface area contributed by atoms with Crippen LogP contribution in [-0.4, -0.2) is 26.4 Å². The molecule has 246 valence electrons. The molecule has 2 aromatic carbocycles. The quantitative estimate of drug-likeness (QED) is 0.234. The van der Waals surface area contributed by atoms with Crippen molar-refractivity contribution in [1.29, 1.82) is 0 Å². The second kappa shape index (κ2) is 12.1. The lowest BCUT2D eigenvalue weighted by Crippen LogP contribution is -2.65. The lowest BCUT2D eigenvalue weighted by molar-refractivity contribution is -0.186. The molecule has 0 radical (unpaired) electrons. The lowest BCUT2D eigenvalue weighted by Gasteiger charge is -2.72. The van der Waals surface area contributed by atoms with Gasteiger partial charge in [0.15, 0.2) is 0 Å². The normalized spacial score (nSPS) is 36.3. The van der Waals surface area contributed by atoms with Gasteiger partial charge < -0.3 is 18.9 Å². The predicted molar refractivity (Wildman–Crippen MR) is 188 cm³/mol. The molecule has 0 saturated heterocycles. The van der Waals surface area contributed by atoms with E-state index in [0.29, 0.717) is 5.92 Å². The van der Waals surface area contributed by atoms with Crippen LogP contribution < -0.4 is 18.9 Å². The third kappa shape index (κ3) is 5.04. The van der Waals surface area contributed by atoms with Crippen LogP contribution in [-0.2, 0) is 10.8 Å². The van der Waals surface area contributed by atoms with Gasteiger partial charge in [-0.25, -0.2) is 0 Å². The second-order valence-corrected chi connectivity index (χ2v) is 16.1. The Morgan fingerprint density at radius 1 is 0.562 bits per heavy atom. The SMILES string of the molecule is C#CCOc1ccc(C23CC4CC(C2)CC(C2C5CC6CC(C5)CC2(c2ccc(OCC#C)cc2OCC#C)C6)(C4)C3)c(OCC#C)c1. The van der Waals surface area contributed by atoms with Crippen LogP contribution in [0.2, 0.25) is 0 Å². The van der Waals surface area contributed by atoms with Gasteiger partial charge in [0, 0.05) is 34.1 Å². The minimum absolute atomic E-state index is 0.0598. The first-order valence-corrected chi connectivity index (χ1v) is 18.0. The van der Waals surface area contributed by atoms with E-state index >= 15 is 0 Å². The van der Waals surface area contributed by atoms with Crippen molar-refractivity contribution in [3.05, 3.63) is 47.5 Å². The van der Waals surface area contributed by atoms with Crippen LogP contribution in [0.1, 0.15) is 81.8 Å². The molecule has 5 unspecified atom stereocenters. The Bertz CT molecular complexity index is 1710. The first-order valence-electron chi connectivity index (χ1n) is 18.0. The number of rotatable bonds is 11. The topological polar surface area (TPSA) is 36.9 Å². The van der Waals surface area contributed by atoms with E-state index in [-0.39, 0.29) is 42.7 Å². The zero-order valence-corrected chi connectivity index (χ0v) is 28.0. The van der Waals surface area contributed by atoms with Crippen LogP contribution in [0, 0.1) is 90.3 Å². The standard InChI is InChI=1S/C44H46O4/c1-5-13-45-35-9-11-37(39(21-35)47-15-7-3)42-23-32-18-33(24-42)26-43(25-32,29-42)41-34-19-30-17-31(20-34)28-44(41,27-30)38-12-10-36(46-14-6-2)22-40(38)48-16-8-4/h1-4,9-12,21-22,30-34,41H,13-20,23-29H2. The third-order valence-electron chi connectivity index (χ3n) is 13.4. The van der Waals surface area contributed by atoms with Crippen LogP contribution in [0.25, 0.3) is 0 Å². The fraction of sp³-hybridized carbons (Fsp3) is 0.545. The number of hydrogen-bond acceptors (Lipinski definition) is 4. The Kier molecular flexibility index (Phi) is 7.85. The van der Waals surface area contributed by atoms with E-state index in [9.17, 15) is 0 Å². The number of hydrogen-bond donors (Lipinski definition) is 0. The summed E-state index contributed by atoms with van der Waals surface area (Å²) in [4.78, 5) is 0. The zero-order valence-electron chi connectivity index (χ0n) is 28.0. The summed E-state index contributed by atoms with van der Waals surface area (Å²) in [6.07, 6.45) is 36.8. The summed E-state index contributed by atoms with van der Waals surface area (Å²) in [5, 5.41) is 0. The molecule has 8 fully saturated rings. The third-order valence-corrected chi connectivity index (χ3v) is 13.4. The van der Waals surface area contributed by atoms with Gasteiger partial charge in [-0.2, -0.15) is 0 Å². The molecule has 8 bridgehead atoms. The first kappa shape index (κ1) is 31.2. The summed E-state index contributed by atoms with van der Waals surface area (Å²) >= 11 is 0. The highest BCUT2D eigenvalue weighted by Crippen LogP contribution is 2.76. The van der Waals surface area contributed by atoms with Crippen molar-refractivity contribution in [3.8, 4) is 72.4 Å². The first-order chi connectivity index (χ1) is 23.4. The Morgan fingerprint density at radius 2 is 1.06 bits per heavy atom. The van der Waals surface area contributed by atoms with Crippen molar-refractivity contribution in [1.82, 2.24) is 0 Å². The number of terminal acetylenes is 4. The van der Waals surface area contributed by atoms with Crippen LogP contribution in [0.3, 0.4) is 0 Å². The maximum absolute atomic E-state index is 6.42. The summed E-state index contributed by atoms with van der Waals surface area (Å²) in [5.41, 5.74) is 3.05. The number of ether oxygens (including phenoxy) is 4. The minimum atomic E-state index is 0.0598. The molecule has 4 nitrogen and oxygen atoms in total. The summed E-state index contributed by atoms with van der Waals surface area (Å²) in [7, 11) is 0. The van der Waals surface area contributed by atoms with Crippen molar-refractivity contribution in [2.75, 3.05) is 26.4 Å². The van der Waals surface area contributed by atoms with Crippen LogP contribution in [0.15, 0.2) is 36.4 Å². The lowest BCUT2D eigenvalue weighted by atomic mass is 9.32. The van der Waals surface area contributed by atoms with Gasteiger partial charge in [-0.15, -0.1) is 25.7 Å². The van der Waals surface area contributed by atoms with Gasteiger partial charge in [0.25, 0.3) is 0 Å². The highest BCUT2D eigenvalue weighted by atomic mass is 16.5. The van der Waals surface area contributed by atoms with Crippen LogP contribution in [0.5, 0.6) is 23.0 Å². The monoisotopic (exact) mass is 638 g/mol. The Balaban J connectivity index is 1.23. The minimum Gasteiger partial charge on any atom is -0.481 e. The van der Waals surface area contributed by atoms with Gasteiger partial charge in [-0.1, -0.05) is 35.8 Å². The molecular formula is C44H46O4. The van der Waals surface area contributed by atoms with Gasteiger partial charge >= 0.3 is 0 Å². The maximum Gasteiger partial charge on any atom is 0.148 e. The van der Waals surface area contributed by atoms with E-state index in [1.54, 1.807) is 0 Å². The molecule has 0 N–H and O–H groups in total. The van der Waals surface area contributed by atoms with E-state index in [2.05, 4.69) is 54.0 Å². The van der Waals surface area contributed by atoms with E-state index in [0.717, 1.165) is 52.6 Å². The molecule has 0 aromatic heterocycles. The van der Waals surface area contributed by atoms with Crippen molar-refractivity contribution < 1.29 is 18.9 Å². The van der Waals surface area contributed by atoms with E-state index in [1.807, 2.05) is 6.07 Å². The molecule has 0 aliphatic heterocycles. The van der Waals surface area contributed by atoms with Crippen molar-refractivity contribution in [2.24, 2.45) is 40.9 Å². The Labute approximate surface area is 287 Å². The van der Waals surface area contributed by atoms with Crippen molar-refractivity contribution >= 4 is 0 Å². The molecule has 10 rings (SSSR count). The van der Waals surface area contributed by atoms with Gasteiger partial charge in [-0.3, -0.25) is 0 Å². The predicted octanol–water partition coefficient (Wildman–Crippen LogP) is 7.97. The molecule has 2 aromatic rings. The maximum atomic E-state index is 6.42. The summed E-state index contributed by atoms with van der Waals surface area (Å²) in [5.74, 6) is 18.2. The van der Waals surface area contributed by atoms with Gasteiger partial charge in [0.05, 0.1) is 0 Å². The fourth-order valence-corrected chi connectivity index (χ4v) is 13.3. The second-order valence-electron chi connectivity index (χ2n) is 16.1. The molecule has 0 heterocycles. The zero-order chi connectivity index (χ0) is 32.9. The molecular weight excluding hydrogens is 592 g/mol. The molecule has 48 heavy (non-hydrogen) atoms. The molecule has 0 amide bonds. The molecule has 8 aliphatic carbocycles. The van der Waals surface area contributed by atoms with Gasteiger partial charge in [0.2, 0.25) is 0 Å². The number of benzene rings is 2. The summed E-state index contributed by atoms with van der Waals surface area (Å²) in [6.45, 7) is 0.926. The molecule has 8 aliphatic rings. The smallest absolute Gasteiger partial charge is 0.148 e. The molecule has 5 atom stereocenters. The molecule has 4 heteroatoms. The van der Waals surface area contributed by atoms with Crippen molar-refractivity contribution in [2.45, 2.75) is 81.5 Å². The summed E-state index contributed by atoms with van der Waals surface area (Å²) < 4.78 is 24.5. The largest absolute Gasteiger partial charge is 0.481 e. The average Bonchev–Trinajstić information content (AvgIpc) is 3.06. The van der Waals surface area contributed by atoms with E-state index in [1.165, 1.54) is 81.8 Å². The van der Waals surface area contributed by atoms with E-state index in [4.69, 9.17) is 44.6 Å². The highest BCUT2D eigenvalue weighted by molar-refractivity contribution is 5.50. The van der Waals surface area contributed by atoms with Crippen molar-refractivity contribution in [3.63, 3.8) is 0 Å². The Hall–Kier alpha value is -4.12. The van der Waals surface area contributed by atoms with Gasteiger partial charge in [0.1, 0.15) is 49.4 Å². The highest BCUT2D eigenvalue weighted by Gasteiger charge is 2.69. The molecule has 8 saturated carbocycles. The summed E-state index contributed by atoms with van der Waals surface area (Å²) in [6, 6.07) is 12.9. The fourth-order valence-electron chi connectivity index (χ4n) is 13.3. The average molecular weight is 639 g/mol. The molecule has 0 spiro atoms. The van der Waals surface area contributed by atoms with E-state index < -0.39 is 0 Å². The van der Waals surface area contributed by atoms with Crippen LogP contribution >= 0.6 is 0 Å². The van der Waals surface area contributed by atoms with Gasteiger partial charge in [-0.05, 0) is 124 Å². The Morgan fingerprint density at radius 3 is 1.62 bits per heavy atom. The van der Waals surface area contributed by atoms with Crippen LogP contribution in [0.4, 0.5) is 0 Å².